The minimum Gasteiger partial charge on any atom is -0.310 e. The van der Waals surface area contributed by atoms with E-state index in [0.717, 1.165) is 36.6 Å². The Morgan fingerprint density at radius 1 is 1.21 bits per heavy atom. The first-order valence-corrected chi connectivity index (χ1v) is 8.02. The van der Waals surface area contributed by atoms with Gasteiger partial charge in [0.2, 0.25) is 0 Å². The number of hydrogen-bond acceptors (Lipinski definition) is 4. The fourth-order valence-electron chi connectivity index (χ4n) is 3.33. The molecule has 5 rings (SSSR count). The third kappa shape index (κ3) is 1.78. The number of nitrogens with one attached hydrogen (secondary N) is 1. The van der Waals surface area contributed by atoms with Crippen molar-refractivity contribution in [2.75, 3.05) is 11.4 Å². The number of hydrogen-bond donors (Lipinski definition) is 1. The van der Waals surface area contributed by atoms with Crippen LogP contribution in [0.4, 0.5) is 15.9 Å². The van der Waals surface area contributed by atoms with Crippen molar-refractivity contribution in [1.29, 1.82) is 0 Å². The number of nitrogens with zero attached hydrogens (tertiary/aromatic N) is 5. The van der Waals surface area contributed by atoms with Gasteiger partial charge in [-0.15, -0.1) is 0 Å². The van der Waals surface area contributed by atoms with E-state index in [2.05, 4.69) is 20.3 Å². The molecule has 1 aromatic carbocycles. The Bertz CT molecular complexity index is 968. The van der Waals surface area contributed by atoms with Crippen molar-refractivity contribution in [3.05, 3.63) is 47.0 Å². The first-order valence-electron chi connectivity index (χ1n) is 7.64. The van der Waals surface area contributed by atoms with E-state index in [9.17, 15) is 4.39 Å². The maximum atomic E-state index is 14.6. The molecular weight excluding hydrogens is 331 g/mol. The number of rotatable bonds is 1. The van der Waals surface area contributed by atoms with Gasteiger partial charge < -0.3 is 4.90 Å². The number of anilines is 1. The van der Waals surface area contributed by atoms with Crippen LogP contribution in [0.5, 0.6) is 0 Å². The van der Waals surface area contributed by atoms with Gasteiger partial charge in [-0.2, -0.15) is 10.2 Å². The summed E-state index contributed by atoms with van der Waals surface area (Å²) >= 11 is 6.30. The van der Waals surface area contributed by atoms with Gasteiger partial charge >= 0.3 is 0 Å². The topological polar surface area (TPSA) is 62.1 Å². The molecule has 1 N–H and O–H groups in total. The summed E-state index contributed by atoms with van der Waals surface area (Å²) in [5.74, 6) is 0.981. The van der Waals surface area contributed by atoms with Gasteiger partial charge in [-0.3, -0.25) is 5.10 Å². The van der Waals surface area contributed by atoms with Gasteiger partial charge in [-0.1, -0.05) is 17.7 Å². The Kier molecular flexibility index (Phi) is 2.81. The lowest BCUT2D eigenvalue weighted by Crippen LogP contribution is -2.38. The molecule has 0 amide bonds. The number of amidine groups is 1. The van der Waals surface area contributed by atoms with Crippen molar-refractivity contribution in [2.45, 2.75) is 13.0 Å². The lowest BCUT2D eigenvalue weighted by atomic mass is 10.1. The second kappa shape index (κ2) is 4.91. The Labute approximate surface area is 141 Å². The molecule has 6 nitrogen and oxygen atoms in total. The molecule has 8 heteroatoms. The highest BCUT2D eigenvalue weighted by atomic mass is 35.5. The molecule has 0 atom stereocenters. The highest BCUT2D eigenvalue weighted by molar-refractivity contribution is 6.35. The fourth-order valence-corrected chi connectivity index (χ4v) is 3.58. The Balaban J connectivity index is 1.84. The summed E-state index contributed by atoms with van der Waals surface area (Å²) in [5.41, 5.74) is 2.64. The molecule has 120 valence electrons. The molecule has 24 heavy (non-hydrogen) atoms. The fraction of sp³-hybridized carbons (Fsp3) is 0.188. The summed E-state index contributed by atoms with van der Waals surface area (Å²) in [4.78, 5) is 6.68. The first-order chi connectivity index (χ1) is 11.7. The van der Waals surface area contributed by atoms with Crippen LogP contribution >= 0.6 is 11.6 Å². The molecule has 2 aromatic heterocycles. The summed E-state index contributed by atoms with van der Waals surface area (Å²) in [6.07, 6.45) is 4.32. The zero-order valence-electron chi connectivity index (χ0n) is 12.5. The lowest BCUT2D eigenvalue weighted by molar-refractivity contribution is 0.546. The largest absolute Gasteiger partial charge is 0.310 e. The maximum Gasteiger partial charge on any atom is 0.146 e. The molecule has 2 aliphatic rings. The van der Waals surface area contributed by atoms with E-state index in [1.54, 1.807) is 24.5 Å². The van der Waals surface area contributed by atoms with Crippen molar-refractivity contribution in [3.63, 3.8) is 0 Å². The van der Waals surface area contributed by atoms with Crippen LogP contribution in [0, 0.1) is 5.82 Å². The van der Waals surface area contributed by atoms with Crippen LogP contribution in [-0.2, 0) is 6.54 Å². The molecular formula is C16H12ClFN6. The van der Waals surface area contributed by atoms with E-state index in [1.165, 1.54) is 6.07 Å². The molecule has 0 saturated carbocycles. The minimum atomic E-state index is -0.397. The van der Waals surface area contributed by atoms with Crippen molar-refractivity contribution in [3.8, 4) is 11.3 Å². The van der Waals surface area contributed by atoms with Crippen LogP contribution in [0.3, 0.4) is 0 Å². The molecule has 0 bridgehead atoms. The number of aliphatic imine (C=N–C) groups is 1. The second-order valence-electron chi connectivity index (χ2n) is 5.77. The number of aromatic amines is 1. The van der Waals surface area contributed by atoms with Crippen molar-refractivity contribution < 1.29 is 4.39 Å². The maximum absolute atomic E-state index is 14.6. The van der Waals surface area contributed by atoms with Gasteiger partial charge in [-0.25, -0.2) is 14.1 Å². The molecule has 2 aliphatic heterocycles. The summed E-state index contributed by atoms with van der Waals surface area (Å²) in [6, 6.07) is 4.66. The van der Waals surface area contributed by atoms with E-state index in [1.807, 2.05) is 9.58 Å². The average Bonchev–Trinajstić information content (AvgIpc) is 3.17. The Hall–Kier alpha value is -2.67. The molecule has 3 aromatic rings. The van der Waals surface area contributed by atoms with Crippen LogP contribution in [-0.4, -0.2) is 32.4 Å². The SMILES string of the molecule is Fc1cccc(Cl)c1C1=Nc2cn[nH]c2-c2cnn3c2N1CCC3. The molecule has 0 aliphatic carbocycles. The molecule has 0 spiro atoms. The number of fused-ring (bicyclic) bond motifs is 2. The van der Waals surface area contributed by atoms with Crippen LogP contribution in [0.1, 0.15) is 12.0 Å². The molecule has 0 radical (unpaired) electrons. The highest BCUT2D eigenvalue weighted by Gasteiger charge is 2.33. The number of H-pyrrole nitrogens is 1. The summed E-state index contributed by atoms with van der Waals surface area (Å²) in [5, 5.41) is 11.8. The third-order valence-corrected chi connectivity index (χ3v) is 4.69. The van der Waals surface area contributed by atoms with Gasteiger partial charge in [0, 0.05) is 13.1 Å². The first kappa shape index (κ1) is 13.7. The quantitative estimate of drug-likeness (QED) is 0.737. The van der Waals surface area contributed by atoms with Crippen LogP contribution in [0.25, 0.3) is 11.3 Å². The highest BCUT2D eigenvalue weighted by Crippen LogP contribution is 2.41. The van der Waals surface area contributed by atoms with Gasteiger partial charge in [0.1, 0.15) is 23.2 Å². The van der Waals surface area contributed by atoms with Crippen molar-refractivity contribution in [1.82, 2.24) is 20.0 Å². The van der Waals surface area contributed by atoms with Crippen LogP contribution in [0.2, 0.25) is 5.02 Å². The number of aryl methyl sites for hydroxylation is 1. The van der Waals surface area contributed by atoms with Gasteiger partial charge in [0.05, 0.1) is 34.2 Å². The van der Waals surface area contributed by atoms with E-state index in [-0.39, 0.29) is 0 Å². The third-order valence-electron chi connectivity index (χ3n) is 4.38. The van der Waals surface area contributed by atoms with Gasteiger partial charge in [-0.05, 0) is 18.6 Å². The van der Waals surface area contributed by atoms with E-state index < -0.39 is 5.82 Å². The molecule has 0 unspecified atom stereocenters. The zero-order chi connectivity index (χ0) is 16.3. The number of benzene rings is 1. The smallest absolute Gasteiger partial charge is 0.146 e. The van der Waals surface area contributed by atoms with Crippen molar-refractivity contribution in [2.24, 2.45) is 4.99 Å². The van der Waals surface area contributed by atoms with Gasteiger partial charge in [0.25, 0.3) is 0 Å². The summed E-state index contributed by atoms with van der Waals surface area (Å²) in [6.45, 7) is 1.54. The van der Waals surface area contributed by atoms with Crippen LogP contribution < -0.4 is 4.90 Å². The monoisotopic (exact) mass is 342 g/mol. The number of aromatic nitrogens is 4. The second-order valence-corrected chi connectivity index (χ2v) is 6.18. The molecule has 0 saturated heterocycles. The van der Waals surface area contributed by atoms with E-state index >= 15 is 0 Å². The van der Waals surface area contributed by atoms with Crippen molar-refractivity contribution >= 4 is 28.9 Å². The number of halogens is 2. The van der Waals surface area contributed by atoms with Crippen LogP contribution in [0.15, 0.2) is 35.6 Å². The standard InChI is InChI=1S/C16H12ClFN6/c17-10-3-1-4-11(18)13(10)15-21-12-8-19-22-14(12)9-7-20-24-6-2-5-23(15)16(9)24/h1,3-4,7-8H,2,5-6H2,(H,19,22). The Morgan fingerprint density at radius 2 is 2.12 bits per heavy atom. The predicted octanol–water partition coefficient (Wildman–Crippen LogP) is 3.37. The predicted molar refractivity (Wildman–Crippen MR) is 89.4 cm³/mol. The summed E-state index contributed by atoms with van der Waals surface area (Å²) < 4.78 is 16.5. The van der Waals surface area contributed by atoms with Gasteiger partial charge in [0.15, 0.2) is 0 Å². The molecule has 0 fully saturated rings. The minimum absolute atomic E-state index is 0.300. The Morgan fingerprint density at radius 3 is 3.00 bits per heavy atom. The summed E-state index contributed by atoms with van der Waals surface area (Å²) in [7, 11) is 0. The molecule has 4 heterocycles. The lowest BCUT2D eigenvalue weighted by Gasteiger charge is -2.30. The average molecular weight is 343 g/mol. The zero-order valence-corrected chi connectivity index (χ0v) is 13.3. The van der Waals surface area contributed by atoms with E-state index in [0.29, 0.717) is 22.1 Å². The van der Waals surface area contributed by atoms with E-state index in [4.69, 9.17) is 11.6 Å². The normalized spacial score (nSPS) is 15.6.